The normalized spacial score (nSPS) is 10.5. The van der Waals surface area contributed by atoms with Crippen LogP contribution in [0.3, 0.4) is 0 Å². The number of aromatic amines is 1. The fourth-order valence-electron chi connectivity index (χ4n) is 2.66. The van der Waals surface area contributed by atoms with E-state index in [0.717, 1.165) is 11.3 Å². The third-order valence-corrected chi connectivity index (χ3v) is 5.05. The van der Waals surface area contributed by atoms with Gasteiger partial charge < -0.3 is 15.0 Å². The first-order chi connectivity index (χ1) is 13.5. The van der Waals surface area contributed by atoms with Crippen LogP contribution >= 0.6 is 11.8 Å². The Balaban J connectivity index is 1.66. The minimum absolute atomic E-state index is 0.0239. The van der Waals surface area contributed by atoms with Crippen molar-refractivity contribution in [2.75, 3.05) is 12.4 Å². The molecule has 1 aromatic heterocycles. The monoisotopic (exact) mass is 395 g/mol. The second-order valence-corrected chi connectivity index (χ2v) is 7.13. The summed E-state index contributed by atoms with van der Waals surface area (Å²) in [4.78, 5) is 31.9. The summed E-state index contributed by atoms with van der Waals surface area (Å²) in [6.07, 6.45) is -0.0239. The van der Waals surface area contributed by atoms with Crippen LogP contribution < -0.4 is 15.6 Å². The average Bonchev–Trinajstić information content (AvgIpc) is 2.70. The zero-order chi connectivity index (χ0) is 19.9. The molecule has 1 amide bonds. The number of nitrogens with one attached hydrogen (secondary N) is 2. The second kappa shape index (κ2) is 9.23. The maximum atomic E-state index is 12.5. The van der Waals surface area contributed by atoms with Gasteiger partial charge in [0.05, 0.1) is 13.5 Å². The quantitative estimate of drug-likeness (QED) is 0.472. The number of ether oxygens (including phenoxy) is 1. The topological polar surface area (TPSA) is 84.1 Å². The molecule has 0 atom stereocenters. The van der Waals surface area contributed by atoms with Crippen molar-refractivity contribution in [2.45, 2.75) is 24.3 Å². The Morgan fingerprint density at radius 2 is 1.96 bits per heavy atom. The van der Waals surface area contributed by atoms with Crippen LogP contribution in [0.5, 0.6) is 5.75 Å². The minimum Gasteiger partial charge on any atom is -0.497 e. The van der Waals surface area contributed by atoms with Gasteiger partial charge in [0.1, 0.15) is 5.75 Å². The zero-order valence-electron chi connectivity index (χ0n) is 15.7. The number of nitrogens with zero attached hydrogens (tertiary/aromatic N) is 1. The Morgan fingerprint density at radius 3 is 2.68 bits per heavy atom. The number of amides is 1. The van der Waals surface area contributed by atoms with E-state index in [1.54, 1.807) is 26.2 Å². The number of carbonyl (C=O) groups excluding carboxylic acids is 1. The molecule has 1 heterocycles. The lowest BCUT2D eigenvalue weighted by Crippen LogP contribution is -2.23. The van der Waals surface area contributed by atoms with Gasteiger partial charge in [0, 0.05) is 22.7 Å². The SMILES string of the molecule is COc1cccc(CSc2nc(C)c(CC(=O)Nc3ccccc3)c(=O)[nH]2)c1. The molecule has 28 heavy (non-hydrogen) atoms. The lowest BCUT2D eigenvalue weighted by Gasteiger charge is -2.08. The van der Waals surface area contributed by atoms with Crippen LogP contribution in [0.15, 0.2) is 64.5 Å². The number of thioether (sulfide) groups is 1. The van der Waals surface area contributed by atoms with Crippen LogP contribution in [0, 0.1) is 6.92 Å². The highest BCUT2D eigenvalue weighted by Gasteiger charge is 2.13. The summed E-state index contributed by atoms with van der Waals surface area (Å²) in [6.45, 7) is 1.75. The highest BCUT2D eigenvalue weighted by Crippen LogP contribution is 2.22. The Labute approximate surface area is 167 Å². The van der Waals surface area contributed by atoms with Crippen LogP contribution in [0.25, 0.3) is 0 Å². The highest BCUT2D eigenvalue weighted by molar-refractivity contribution is 7.98. The molecule has 3 aromatic rings. The van der Waals surface area contributed by atoms with Gasteiger partial charge in [-0.2, -0.15) is 0 Å². The molecule has 3 rings (SSSR count). The van der Waals surface area contributed by atoms with E-state index in [9.17, 15) is 9.59 Å². The molecule has 144 valence electrons. The Morgan fingerprint density at radius 1 is 1.18 bits per heavy atom. The van der Waals surface area contributed by atoms with E-state index in [1.165, 1.54) is 11.8 Å². The van der Waals surface area contributed by atoms with E-state index in [0.29, 0.717) is 27.9 Å². The molecule has 0 saturated carbocycles. The molecule has 0 bridgehead atoms. The molecule has 0 unspecified atom stereocenters. The van der Waals surface area contributed by atoms with Crippen LogP contribution in [-0.4, -0.2) is 23.0 Å². The van der Waals surface area contributed by atoms with Gasteiger partial charge in [0.2, 0.25) is 5.91 Å². The predicted molar refractivity (Wildman–Crippen MR) is 111 cm³/mol. The lowest BCUT2D eigenvalue weighted by atomic mass is 10.1. The van der Waals surface area contributed by atoms with Gasteiger partial charge in [-0.3, -0.25) is 9.59 Å². The molecule has 0 aliphatic heterocycles. The number of hydrogen-bond acceptors (Lipinski definition) is 5. The number of aromatic nitrogens is 2. The molecule has 2 N–H and O–H groups in total. The number of rotatable bonds is 7. The summed E-state index contributed by atoms with van der Waals surface area (Å²) in [5.41, 5.74) is 2.40. The number of aryl methyl sites for hydroxylation is 1. The van der Waals surface area contributed by atoms with Gasteiger partial charge in [-0.1, -0.05) is 42.1 Å². The largest absolute Gasteiger partial charge is 0.497 e. The van der Waals surface area contributed by atoms with E-state index in [-0.39, 0.29) is 17.9 Å². The van der Waals surface area contributed by atoms with Crippen molar-refractivity contribution in [2.24, 2.45) is 0 Å². The summed E-state index contributed by atoms with van der Waals surface area (Å²) in [5, 5.41) is 3.31. The Kier molecular flexibility index (Phi) is 6.49. The molecular formula is C21H21N3O3S. The van der Waals surface area contributed by atoms with Crippen LogP contribution in [0.1, 0.15) is 16.8 Å². The van der Waals surface area contributed by atoms with E-state index >= 15 is 0 Å². The van der Waals surface area contributed by atoms with Gasteiger partial charge in [-0.15, -0.1) is 0 Å². The van der Waals surface area contributed by atoms with Gasteiger partial charge in [-0.25, -0.2) is 4.98 Å². The van der Waals surface area contributed by atoms with Gasteiger partial charge in [-0.05, 0) is 36.8 Å². The molecule has 2 aromatic carbocycles. The number of hydrogen-bond donors (Lipinski definition) is 2. The maximum Gasteiger partial charge on any atom is 0.255 e. The highest BCUT2D eigenvalue weighted by atomic mass is 32.2. The summed E-state index contributed by atoms with van der Waals surface area (Å²) in [7, 11) is 1.63. The van der Waals surface area contributed by atoms with E-state index in [1.807, 2.05) is 42.5 Å². The van der Waals surface area contributed by atoms with Crippen LogP contribution in [-0.2, 0) is 17.0 Å². The van der Waals surface area contributed by atoms with Gasteiger partial charge >= 0.3 is 0 Å². The molecule has 0 saturated heterocycles. The number of methoxy groups -OCH3 is 1. The first-order valence-corrected chi connectivity index (χ1v) is 9.74. The minimum atomic E-state index is -0.288. The molecule has 0 fully saturated rings. The zero-order valence-corrected chi connectivity index (χ0v) is 16.5. The van der Waals surface area contributed by atoms with Crippen molar-refractivity contribution in [3.63, 3.8) is 0 Å². The van der Waals surface area contributed by atoms with Crippen molar-refractivity contribution in [3.05, 3.63) is 81.8 Å². The second-order valence-electron chi connectivity index (χ2n) is 6.17. The number of anilines is 1. The van der Waals surface area contributed by atoms with Crippen molar-refractivity contribution in [3.8, 4) is 5.75 Å². The third-order valence-electron chi connectivity index (χ3n) is 4.11. The average molecular weight is 395 g/mol. The Bertz CT molecular complexity index is 1020. The van der Waals surface area contributed by atoms with E-state index in [4.69, 9.17) is 4.74 Å². The fraction of sp³-hybridized carbons (Fsp3) is 0.190. The number of carbonyl (C=O) groups is 1. The smallest absolute Gasteiger partial charge is 0.255 e. The van der Waals surface area contributed by atoms with Crippen molar-refractivity contribution in [1.29, 1.82) is 0 Å². The molecule has 0 spiro atoms. The van der Waals surface area contributed by atoms with E-state index in [2.05, 4.69) is 15.3 Å². The van der Waals surface area contributed by atoms with E-state index < -0.39 is 0 Å². The third kappa shape index (κ3) is 5.23. The molecule has 0 aliphatic carbocycles. The Hall–Kier alpha value is -3.06. The van der Waals surface area contributed by atoms with Gasteiger partial charge in [0.25, 0.3) is 5.56 Å². The maximum absolute atomic E-state index is 12.5. The van der Waals surface area contributed by atoms with Gasteiger partial charge in [0.15, 0.2) is 5.16 Å². The van der Waals surface area contributed by atoms with Crippen molar-refractivity contribution in [1.82, 2.24) is 9.97 Å². The van der Waals surface area contributed by atoms with Crippen molar-refractivity contribution < 1.29 is 9.53 Å². The predicted octanol–water partition coefficient (Wildman–Crippen LogP) is 3.56. The molecule has 0 radical (unpaired) electrons. The first kappa shape index (κ1) is 19.7. The lowest BCUT2D eigenvalue weighted by molar-refractivity contribution is -0.115. The fourth-order valence-corrected chi connectivity index (χ4v) is 3.51. The first-order valence-electron chi connectivity index (χ1n) is 8.75. The van der Waals surface area contributed by atoms with Crippen LogP contribution in [0.2, 0.25) is 0 Å². The molecular weight excluding hydrogens is 374 g/mol. The summed E-state index contributed by atoms with van der Waals surface area (Å²) in [5.74, 6) is 1.18. The number of H-pyrrole nitrogens is 1. The van der Waals surface area contributed by atoms with Crippen molar-refractivity contribution >= 4 is 23.4 Å². The summed E-state index contributed by atoms with van der Waals surface area (Å²) < 4.78 is 5.22. The standard InChI is InChI=1S/C21H21N3O3S/c1-14-18(12-19(25)23-16-8-4-3-5-9-16)20(26)24-21(22-14)28-13-15-7-6-10-17(11-15)27-2/h3-11H,12-13H2,1-2H3,(H,23,25)(H,22,24,26). The summed E-state index contributed by atoms with van der Waals surface area (Å²) in [6, 6.07) is 16.9. The molecule has 0 aliphatic rings. The number of para-hydroxylation sites is 1. The van der Waals surface area contributed by atoms with Crippen LogP contribution in [0.4, 0.5) is 5.69 Å². The summed E-state index contributed by atoms with van der Waals surface area (Å²) >= 11 is 1.43. The molecule has 6 nitrogen and oxygen atoms in total. The number of benzene rings is 2. The molecule has 7 heteroatoms.